The standard InChI is InChI=1S/C13H15N3O2S/c1-2-18-11-5-3-4-9(6-11)15-12(17)7-10-8-19-13(14)16-10/h3-6,8H,2,7H2,1H3,(H2,14,16)(H,15,17). The van der Waals surface area contributed by atoms with Gasteiger partial charge in [0.05, 0.1) is 18.7 Å². The molecular weight excluding hydrogens is 262 g/mol. The summed E-state index contributed by atoms with van der Waals surface area (Å²) in [4.78, 5) is 15.9. The number of anilines is 2. The van der Waals surface area contributed by atoms with Gasteiger partial charge in [0.1, 0.15) is 5.75 Å². The van der Waals surface area contributed by atoms with Crippen molar-refractivity contribution in [2.75, 3.05) is 17.7 Å². The fourth-order valence-electron chi connectivity index (χ4n) is 1.60. The smallest absolute Gasteiger partial charge is 0.230 e. The average molecular weight is 277 g/mol. The summed E-state index contributed by atoms with van der Waals surface area (Å²) >= 11 is 1.33. The molecule has 19 heavy (non-hydrogen) atoms. The van der Waals surface area contributed by atoms with Crippen LogP contribution in [0, 0.1) is 0 Å². The highest BCUT2D eigenvalue weighted by Crippen LogP contribution is 2.18. The zero-order valence-electron chi connectivity index (χ0n) is 10.6. The maximum Gasteiger partial charge on any atom is 0.230 e. The number of nitrogens with one attached hydrogen (secondary N) is 1. The number of nitrogen functional groups attached to an aromatic ring is 1. The molecule has 2 aromatic rings. The summed E-state index contributed by atoms with van der Waals surface area (Å²) in [6.45, 7) is 2.51. The number of aromatic nitrogens is 1. The van der Waals surface area contributed by atoms with E-state index in [1.807, 2.05) is 25.1 Å². The Kier molecular flexibility index (Phi) is 4.35. The summed E-state index contributed by atoms with van der Waals surface area (Å²) < 4.78 is 5.37. The summed E-state index contributed by atoms with van der Waals surface area (Å²) in [6, 6.07) is 7.29. The van der Waals surface area contributed by atoms with Crippen LogP contribution in [0.3, 0.4) is 0 Å². The topological polar surface area (TPSA) is 77.2 Å². The van der Waals surface area contributed by atoms with E-state index in [2.05, 4.69) is 10.3 Å². The number of hydrogen-bond donors (Lipinski definition) is 2. The second-order valence-electron chi connectivity index (χ2n) is 3.86. The van der Waals surface area contributed by atoms with Gasteiger partial charge in [0.2, 0.25) is 5.91 Å². The van der Waals surface area contributed by atoms with Crippen molar-refractivity contribution < 1.29 is 9.53 Å². The minimum atomic E-state index is -0.126. The summed E-state index contributed by atoms with van der Waals surface area (Å²) in [6.07, 6.45) is 0.215. The van der Waals surface area contributed by atoms with E-state index in [4.69, 9.17) is 10.5 Å². The van der Waals surface area contributed by atoms with Gasteiger partial charge in [-0.1, -0.05) is 6.07 Å². The fraction of sp³-hybridized carbons (Fsp3) is 0.231. The molecule has 1 heterocycles. The van der Waals surface area contributed by atoms with Crippen LogP contribution < -0.4 is 15.8 Å². The Labute approximate surface area is 115 Å². The average Bonchev–Trinajstić information content (AvgIpc) is 2.75. The van der Waals surface area contributed by atoms with Gasteiger partial charge in [0.15, 0.2) is 5.13 Å². The lowest BCUT2D eigenvalue weighted by atomic mass is 10.2. The first kappa shape index (κ1) is 13.4. The molecule has 0 atom stereocenters. The lowest BCUT2D eigenvalue weighted by Crippen LogP contribution is -2.14. The molecule has 0 fully saturated rings. The monoisotopic (exact) mass is 277 g/mol. The molecule has 6 heteroatoms. The van der Waals surface area contributed by atoms with Crippen molar-refractivity contribution in [3.8, 4) is 5.75 Å². The Morgan fingerprint density at radius 3 is 3.05 bits per heavy atom. The van der Waals surface area contributed by atoms with Crippen LogP contribution in [-0.2, 0) is 11.2 Å². The van der Waals surface area contributed by atoms with Crippen molar-refractivity contribution >= 4 is 28.1 Å². The third kappa shape index (κ3) is 3.96. The molecule has 1 amide bonds. The second-order valence-corrected chi connectivity index (χ2v) is 4.75. The van der Waals surface area contributed by atoms with Crippen LogP contribution in [0.5, 0.6) is 5.75 Å². The second kappa shape index (κ2) is 6.19. The van der Waals surface area contributed by atoms with Crippen molar-refractivity contribution in [2.24, 2.45) is 0 Å². The summed E-state index contributed by atoms with van der Waals surface area (Å²) in [5, 5.41) is 5.06. The van der Waals surface area contributed by atoms with Crippen LogP contribution in [0.1, 0.15) is 12.6 Å². The quantitative estimate of drug-likeness (QED) is 0.879. The number of hydrogen-bond acceptors (Lipinski definition) is 5. The highest BCUT2D eigenvalue weighted by molar-refractivity contribution is 7.13. The molecular formula is C13H15N3O2S. The van der Waals surface area contributed by atoms with Crippen LogP contribution in [0.25, 0.3) is 0 Å². The minimum absolute atomic E-state index is 0.126. The molecule has 1 aromatic heterocycles. The molecule has 0 radical (unpaired) electrons. The van der Waals surface area contributed by atoms with E-state index in [0.29, 0.717) is 23.1 Å². The molecule has 0 aliphatic carbocycles. The van der Waals surface area contributed by atoms with E-state index < -0.39 is 0 Å². The van der Waals surface area contributed by atoms with E-state index in [1.54, 1.807) is 11.4 Å². The number of benzene rings is 1. The van der Waals surface area contributed by atoms with E-state index in [1.165, 1.54) is 11.3 Å². The molecule has 0 unspecified atom stereocenters. The number of amides is 1. The van der Waals surface area contributed by atoms with Crippen molar-refractivity contribution in [1.82, 2.24) is 4.98 Å². The number of nitrogens with zero attached hydrogens (tertiary/aromatic N) is 1. The van der Waals surface area contributed by atoms with Crippen LogP contribution in [-0.4, -0.2) is 17.5 Å². The zero-order valence-corrected chi connectivity index (χ0v) is 11.4. The Hall–Kier alpha value is -2.08. The Balaban J connectivity index is 1.96. The molecule has 100 valence electrons. The van der Waals surface area contributed by atoms with Gasteiger partial charge in [0.25, 0.3) is 0 Å². The normalized spacial score (nSPS) is 10.2. The van der Waals surface area contributed by atoms with Crippen molar-refractivity contribution in [3.63, 3.8) is 0 Å². The Bertz CT molecular complexity index is 569. The van der Waals surface area contributed by atoms with E-state index in [0.717, 1.165) is 5.75 Å². The molecule has 0 aliphatic rings. The number of thiazole rings is 1. The summed E-state index contributed by atoms with van der Waals surface area (Å²) in [7, 11) is 0. The summed E-state index contributed by atoms with van der Waals surface area (Å²) in [5.74, 6) is 0.608. The van der Waals surface area contributed by atoms with Crippen LogP contribution in [0.2, 0.25) is 0 Å². The van der Waals surface area contributed by atoms with E-state index in [-0.39, 0.29) is 12.3 Å². The maximum atomic E-state index is 11.8. The van der Waals surface area contributed by atoms with Gasteiger partial charge in [-0.2, -0.15) is 0 Å². The van der Waals surface area contributed by atoms with Gasteiger partial charge in [-0.25, -0.2) is 4.98 Å². The Morgan fingerprint density at radius 1 is 1.53 bits per heavy atom. The highest BCUT2D eigenvalue weighted by atomic mass is 32.1. The maximum absolute atomic E-state index is 11.8. The predicted molar refractivity (Wildman–Crippen MR) is 76.5 cm³/mol. The molecule has 0 spiro atoms. The third-order valence-electron chi connectivity index (χ3n) is 2.34. The van der Waals surface area contributed by atoms with Crippen molar-refractivity contribution in [2.45, 2.75) is 13.3 Å². The number of nitrogens with two attached hydrogens (primary N) is 1. The first-order valence-electron chi connectivity index (χ1n) is 5.90. The number of ether oxygens (including phenoxy) is 1. The number of rotatable bonds is 5. The molecule has 0 aliphatic heterocycles. The number of carbonyl (C=O) groups is 1. The number of carbonyl (C=O) groups excluding carboxylic acids is 1. The molecule has 0 bridgehead atoms. The van der Waals surface area contributed by atoms with Crippen LogP contribution in [0.15, 0.2) is 29.6 Å². The van der Waals surface area contributed by atoms with Gasteiger partial charge in [-0.3, -0.25) is 4.79 Å². The largest absolute Gasteiger partial charge is 0.494 e. The van der Waals surface area contributed by atoms with Crippen LogP contribution >= 0.6 is 11.3 Å². The van der Waals surface area contributed by atoms with Gasteiger partial charge in [-0.15, -0.1) is 11.3 Å². The lowest BCUT2D eigenvalue weighted by Gasteiger charge is -2.07. The lowest BCUT2D eigenvalue weighted by molar-refractivity contribution is -0.115. The molecule has 3 N–H and O–H groups in total. The summed E-state index contributed by atoms with van der Waals surface area (Å²) in [5.41, 5.74) is 6.91. The van der Waals surface area contributed by atoms with E-state index >= 15 is 0 Å². The van der Waals surface area contributed by atoms with Gasteiger partial charge in [0, 0.05) is 17.1 Å². The third-order valence-corrected chi connectivity index (χ3v) is 3.06. The first-order valence-corrected chi connectivity index (χ1v) is 6.78. The van der Waals surface area contributed by atoms with Gasteiger partial charge in [-0.05, 0) is 19.1 Å². The van der Waals surface area contributed by atoms with Gasteiger partial charge >= 0.3 is 0 Å². The molecule has 0 saturated carbocycles. The first-order chi connectivity index (χ1) is 9.17. The molecule has 0 saturated heterocycles. The molecule has 1 aromatic carbocycles. The fourth-order valence-corrected chi connectivity index (χ4v) is 2.17. The van der Waals surface area contributed by atoms with E-state index in [9.17, 15) is 4.79 Å². The SMILES string of the molecule is CCOc1cccc(NC(=O)Cc2csc(N)n2)c1. The van der Waals surface area contributed by atoms with Gasteiger partial charge < -0.3 is 15.8 Å². The van der Waals surface area contributed by atoms with Crippen LogP contribution in [0.4, 0.5) is 10.8 Å². The predicted octanol–water partition coefficient (Wildman–Crippen LogP) is 2.31. The zero-order chi connectivity index (χ0) is 13.7. The Morgan fingerprint density at radius 2 is 2.37 bits per heavy atom. The minimum Gasteiger partial charge on any atom is -0.494 e. The molecule has 2 rings (SSSR count). The molecule has 5 nitrogen and oxygen atoms in total. The van der Waals surface area contributed by atoms with Crippen molar-refractivity contribution in [3.05, 3.63) is 35.3 Å². The van der Waals surface area contributed by atoms with Crippen molar-refractivity contribution in [1.29, 1.82) is 0 Å². The highest BCUT2D eigenvalue weighted by Gasteiger charge is 2.07.